The summed E-state index contributed by atoms with van der Waals surface area (Å²) < 4.78 is 0. The molecule has 3 rings (SSSR count). The van der Waals surface area contributed by atoms with Crippen LogP contribution in [0.25, 0.3) is 0 Å². The maximum atomic E-state index is 5.98. The summed E-state index contributed by atoms with van der Waals surface area (Å²) in [6.07, 6.45) is 1.32. The van der Waals surface area contributed by atoms with Crippen LogP contribution in [0, 0.1) is 0 Å². The number of likely N-dealkylation sites (tertiary alicyclic amines) is 1. The van der Waals surface area contributed by atoms with Crippen molar-refractivity contribution >= 4 is 36.4 Å². The van der Waals surface area contributed by atoms with E-state index in [1.165, 1.54) is 18.5 Å². The largest absolute Gasteiger partial charge is 0.311 e. The third-order valence-corrected chi connectivity index (χ3v) is 3.68. The van der Waals surface area contributed by atoms with Crippen molar-refractivity contribution in [2.24, 2.45) is 0 Å². The Morgan fingerprint density at radius 1 is 1.35 bits per heavy atom. The first-order valence-corrected chi connectivity index (χ1v) is 5.91. The second-order valence-corrected chi connectivity index (χ2v) is 4.99. The van der Waals surface area contributed by atoms with Gasteiger partial charge in [0.1, 0.15) is 0 Å². The normalized spacial score (nSPS) is 26.4. The lowest BCUT2D eigenvalue weighted by molar-refractivity contribution is 0.218. The van der Waals surface area contributed by atoms with Crippen LogP contribution in [0.1, 0.15) is 12.0 Å². The molecular weight excluding hydrogens is 279 g/mol. The average Bonchev–Trinajstić information content (AvgIpc) is 2.79. The monoisotopic (exact) mass is 294 g/mol. The molecule has 2 heterocycles. The zero-order valence-corrected chi connectivity index (χ0v) is 11.8. The maximum Gasteiger partial charge on any atom is 0.0409 e. The summed E-state index contributed by atoms with van der Waals surface area (Å²) in [6, 6.07) is 9.67. The second kappa shape index (κ2) is 6.26. The van der Waals surface area contributed by atoms with Gasteiger partial charge in [0.05, 0.1) is 0 Å². The Labute approximate surface area is 120 Å². The standard InChI is InChI=1S/C12H15ClN2.2ClH/c13-10-3-1-2-9(4-10)7-15-8-11-5-12(15)6-14-11;;/h1-4,11-12,14H,5-8H2;2*1H. The molecule has 0 saturated carbocycles. The fraction of sp³-hybridized carbons (Fsp3) is 0.500. The average molecular weight is 296 g/mol. The van der Waals surface area contributed by atoms with Crippen molar-refractivity contribution in [2.75, 3.05) is 13.1 Å². The Bertz CT molecular complexity index is 373. The molecule has 0 radical (unpaired) electrons. The van der Waals surface area contributed by atoms with Gasteiger partial charge in [-0.1, -0.05) is 23.7 Å². The number of piperazine rings is 1. The van der Waals surface area contributed by atoms with Gasteiger partial charge in [0.2, 0.25) is 0 Å². The molecule has 0 aliphatic carbocycles. The van der Waals surface area contributed by atoms with Crippen molar-refractivity contribution in [2.45, 2.75) is 25.0 Å². The van der Waals surface area contributed by atoms with Crippen molar-refractivity contribution in [1.82, 2.24) is 10.2 Å². The van der Waals surface area contributed by atoms with E-state index in [1.807, 2.05) is 12.1 Å². The summed E-state index contributed by atoms with van der Waals surface area (Å²) in [6.45, 7) is 3.39. The SMILES string of the molecule is Cl.Cl.Clc1cccc(CN2CC3CC2CN3)c1. The first kappa shape index (κ1) is 15.1. The van der Waals surface area contributed by atoms with Gasteiger partial charge >= 0.3 is 0 Å². The van der Waals surface area contributed by atoms with Gasteiger partial charge in [-0.15, -0.1) is 24.8 Å². The van der Waals surface area contributed by atoms with Gasteiger partial charge in [-0.25, -0.2) is 0 Å². The summed E-state index contributed by atoms with van der Waals surface area (Å²) in [5.74, 6) is 0. The first-order chi connectivity index (χ1) is 7.31. The van der Waals surface area contributed by atoms with Crippen LogP contribution in [0.4, 0.5) is 0 Å². The van der Waals surface area contributed by atoms with Crippen molar-refractivity contribution in [3.63, 3.8) is 0 Å². The molecule has 2 saturated heterocycles. The van der Waals surface area contributed by atoms with E-state index in [9.17, 15) is 0 Å². The van der Waals surface area contributed by atoms with Crippen LogP contribution < -0.4 is 5.32 Å². The minimum absolute atomic E-state index is 0. The highest BCUT2D eigenvalue weighted by molar-refractivity contribution is 6.30. The van der Waals surface area contributed by atoms with Crippen LogP contribution in [-0.4, -0.2) is 30.1 Å². The van der Waals surface area contributed by atoms with Crippen LogP contribution in [0.15, 0.2) is 24.3 Å². The first-order valence-electron chi connectivity index (χ1n) is 5.53. The van der Waals surface area contributed by atoms with Crippen LogP contribution in [0.3, 0.4) is 0 Å². The van der Waals surface area contributed by atoms with Crippen LogP contribution in [-0.2, 0) is 6.54 Å². The molecule has 0 amide bonds. The van der Waals surface area contributed by atoms with E-state index < -0.39 is 0 Å². The van der Waals surface area contributed by atoms with E-state index in [-0.39, 0.29) is 24.8 Å². The molecule has 2 bridgehead atoms. The summed E-state index contributed by atoms with van der Waals surface area (Å²) in [5, 5.41) is 4.36. The van der Waals surface area contributed by atoms with E-state index in [1.54, 1.807) is 0 Å². The highest BCUT2D eigenvalue weighted by atomic mass is 35.5. The molecule has 2 aliphatic heterocycles. The number of nitrogens with zero attached hydrogens (tertiary/aromatic N) is 1. The lowest BCUT2D eigenvalue weighted by Crippen LogP contribution is -2.42. The van der Waals surface area contributed by atoms with Gasteiger partial charge < -0.3 is 5.32 Å². The molecule has 1 aromatic rings. The van der Waals surface area contributed by atoms with Crippen LogP contribution in [0.5, 0.6) is 0 Å². The van der Waals surface area contributed by atoms with Gasteiger partial charge in [0, 0.05) is 36.7 Å². The number of benzene rings is 1. The molecule has 1 N–H and O–H groups in total. The summed E-state index contributed by atoms with van der Waals surface area (Å²) in [7, 11) is 0. The predicted molar refractivity (Wildman–Crippen MR) is 76.6 cm³/mol. The molecule has 17 heavy (non-hydrogen) atoms. The Hall–Kier alpha value is 0.01000. The number of hydrogen-bond donors (Lipinski definition) is 1. The third kappa shape index (κ3) is 3.27. The van der Waals surface area contributed by atoms with Gasteiger partial charge in [-0.05, 0) is 24.1 Å². The Balaban J connectivity index is 0.000000722. The number of nitrogens with one attached hydrogen (secondary N) is 1. The van der Waals surface area contributed by atoms with Crippen LogP contribution in [0.2, 0.25) is 5.02 Å². The smallest absolute Gasteiger partial charge is 0.0409 e. The summed E-state index contributed by atoms with van der Waals surface area (Å²) >= 11 is 5.98. The van der Waals surface area contributed by atoms with Gasteiger partial charge in [-0.2, -0.15) is 0 Å². The lowest BCUT2D eigenvalue weighted by atomic mass is 10.2. The van der Waals surface area contributed by atoms with Crippen molar-refractivity contribution in [1.29, 1.82) is 0 Å². The minimum atomic E-state index is 0. The fourth-order valence-electron chi connectivity index (χ4n) is 2.71. The van der Waals surface area contributed by atoms with E-state index in [2.05, 4.69) is 22.3 Å². The second-order valence-electron chi connectivity index (χ2n) is 4.55. The molecule has 5 heteroatoms. The minimum Gasteiger partial charge on any atom is -0.311 e. The fourth-order valence-corrected chi connectivity index (χ4v) is 2.92. The third-order valence-electron chi connectivity index (χ3n) is 3.44. The number of hydrogen-bond acceptors (Lipinski definition) is 2. The maximum absolute atomic E-state index is 5.98. The number of halogens is 3. The molecule has 2 unspecified atom stereocenters. The van der Waals surface area contributed by atoms with Crippen LogP contribution >= 0.6 is 36.4 Å². The van der Waals surface area contributed by atoms with E-state index >= 15 is 0 Å². The summed E-state index contributed by atoms with van der Waals surface area (Å²) in [4.78, 5) is 2.56. The molecular formula is C12H17Cl3N2. The molecule has 1 aromatic carbocycles. The van der Waals surface area contributed by atoms with Gasteiger partial charge in [-0.3, -0.25) is 4.90 Å². The Morgan fingerprint density at radius 3 is 2.76 bits per heavy atom. The lowest BCUT2D eigenvalue weighted by Gasteiger charge is -2.27. The van der Waals surface area contributed by atoms with Gasteiger partial charge in [0.25, 0.3) is 0 Å². The number of fused-ring (bicyclic) bond motifs is 2. The van der Waals surface area contributed by atoms with E-state index in [4.69, 9.17) is 11.6 Å². The molecule has 2 atom stereocenters. The quantitative estimate of drug-likeness (QED) is 0.902. The molecule has 96 valence electrons. The molecule has 0 spiro atoms. The molecule has 2 fully saturated rings. The van der Waals surface area contributed by atoms with E-state index in [0.717, 1.165) is 30.2 Å². The number of rotatable bonds is 2. The van der Waals surface area contributed by atoms with Crippen molar-refractivity contribution in [3.8, 4) is 0 Å². The molecule has 0 aromatic heterocycles. The van der Waals surface area contributed by atoms with E-state index in [0.29, 0.717) is 0 Å². The summed E-state index contributed by atoms with van der Waals surface area (Å²) in [5.41, 5.74) is 1.33. The topological polar surface area (TPSA) is 15.3 Å². The zero-order chi connectivity index (χ0) is 10.3. The van der Waals surface area contributed by atoms with Gasteiger partial charge in [0.15, 0.2) is 0 Å². The van der Waals surface area contributed by atoms with Crippen molar-refractivity contribution < 1.29 is 0 Å². The molecule has 2 aliphatic rings. The van der Waals surface area contributed by atoms with Crippen molar-refractivity contribution in [3.05, 3.63) is 34.9 Å². The zero-order valence-electron chi connectivity index (χ0n) is 9.43. The highest BCUT2D eigenvalue weighted by Crippen LogP contribution is 2.25. The highest BCUT2D eigenvalue weighted by Gasteiger charge is 2.37. The predicted octanol–water partition coefficient (Wildman–Crippen LogP) is 2.73. The Kier molecular flexibility index (Phi) is 5.55. The molecule has 2 nitrogen and oxygen atoms in total. The Morgan fingerprint density at radius 2 is 2.18 bits per heavy atom.